The van der Waals surface area contributed by atoms with E-state index < -0.39 is 0 Å². The zero-order valence-electron chi connectivity index (χ0n) is 10.3. The normalized spacial score (nSPS) is 11.7. The molecule has 0 aromatic heterocycles. The summed E-state index contributed by atoms with van der Waals surface area (Å²) in [5, 5.41) is 2.76. The SMILES string of the molecule is COC(=O)C[C@H](NC(C)=O)c1ccccc1C. The smallest absolute Gasteiger partial charge is 0.307 e. The fourth-order valence-electron chi connectivity index (χ4n) is 1.71. The summed E-state index contributed by atoms with van der Waals surface area (Å²) in [6.07, 6.45) is 0.140. The first kappa shape index (κ1) is 13.2. The van der Waals surface area contributed by atoms with Crippen LogP contribution in [-0.2, 0) is 14.3 Å². The maximum atomic E-state index is 11.3. The van der Waals surface area contributed by atoms with Crippen LogP contribution in [0, 0.1) is 6.92 Å². The van der Waals surface area contributed by atoms with Gasteiger partial charge in [-0.05, 0) is 18.1 Å². The largest absolute Gasteiger partial charge is 0.469 e. The van der Waals surface area contributed by atoms with Gasteiger partial charge in [-0.2, -0.15) is 0 Å². The molecular formula is C13H17NO3. The molecule has 0 aliphatic carbocycles. The number of rotatable bonds is 4. The second kappa shape index (κ2) is 6.03. The predicted octanol–water partition coefficient (Wildman–Crippen LogP) is 1.74. The summed E-state index contributed by atoms with van der Waals surface area (Å²) in [6.45, 7) is 3.38. The minimum absolute atomic E-state index is 0.140. The number of ether oxygens (including phenoxy) is 1. The van der Waals surface area contributed by atoms with E-state index in [1.54, 1.807) is 0 Å². The molecular weight excluding hydrogens is 218 g/mol. The Morgan fingerprint density at radius 2 is 2.00 bits per heavy atom. The molecule has 1 rings (SSSR count). The van der Waals surface area contributed by atoms with Gasteiger partial charge in [0, 0.05) is 6.92 Å². The van der Waals surface area contributed by atoms with E-state index in [4.69, 9.17) is 0 Å². The van der Waals surface area contributed by atoms with Crippen LogP contribution in [0.15, 0.2) is 24.3 Å². The molecule has 1 N–H and O–H groups in total. The summed E-state index contributed by atoms with van der Waals surface area (Å²) in [4.78, 5) is 22.5. The van der Waals surface area contributed by atoms with Crippen molar-refractivity contribution < 1.29 is 14.3 Å². The Morgan fingerprint density at radius 3 is 2.53 bits per heavy atom. The maximum Gasteiger partial charge on any atom is 0.307 e. The monoisotopic (exact) mass is 235 g/mol. The molecule has 1 amide bonds. The van der Waals surface area contributed by atoms with Crippen molar-refractivity contribution in [2.75, 3.05) is 7.11 Å². The molecule has 17 heavy (non-hydrogen) atoms. The van der Waals surface area contributed by atoms with E-state index in [1.165, 1.54) is 14.0 Å². The number of amides is 1. The van der Waals surface area contributed by atoms with E-state index in [0.717, 1.165) is 11.1 Å². The highest BCUT2D eigenvalue weighted by atomic mass is 16.5. The summed E-state index contributed by atoms with van der Waals surface area (Å²) >= 11 is 0. The van der Waals surface area contributed by atoms with Gasteiger partial charge in [-0.15, -0.1) is 0 Å². The van der Waals surface area contributed by atoms with Gasteiger partial charge in [-0.25, -0.2) is 0 Å². The third-order valence-electron chi connectivity index (χ3n) is 2.54. The highest BCUT2D eigenvalue weighted by Crippen LogP contribution is 2.20. The highest BCUT2D eigenvalue weighted by Gasteiger charge is 2.18. The van der Waals surface area contributed by atoms with Crippen molar-refractivity contribution in [2.24, 2.45) is 0 Å². The summed E-state index contributed by atoms with van der Waals surface area (Å²) in [7, 11) is 1.34. The number of benzene rings is 1. The van der Waals surface area contributed by atoms with Crippen LogP contribution in [0.3, 0.4) is 0 Å². The van der Waals surface area contributed by atoms with E-state index in [-0.39, 0.29) is 24.3 Å². The van der Waals surface area contributed by atoms with Gasteiger partial charge in [0.15, 0.2) is 0 Å². The minimum Gasteiger partial charge on any atom is -0.469 e. The summed E-state index contributed by atoms with van der Waals surface area (Å²) in [6, 6.07) is 7.32. The molecule has 4 nitrogen and oxygen atoms in total. The number of carbonyl (C=O) groups excluding carboxylic acids is 2. The first-order valence-corrected chi connectivity index (χ1v) is 5.44. The number of esters is 1. The number of hydrogen-bond donors (Lipinski definition) is 1. The van der Waals surface area contributed by atoms with E-state index in [9.17, 15) is 9.59 Å². The summed E-state index contributed by atoms with van der Waals surface area (Å²) in [5.74, 6) is -0.505. The molecule has 0 saturated carbocycles. The Balaban J connectivity index is 2.93. The summed E-state index contributed by atoms with van der Waals surface area (Å²) in [5.41, 5.74) is 1.98. The molecule has 0 aliphatic heterocycles. The molecule has 4 heteroatoms. The lowest BCUT2D eigenvalue weighted by Crippen LogP contribution is -2.28. The van der Waals surface area contributed by atoms with Crippen molar-refractivity contribution in [1.82, 2.24) is 5.32 Å². The lowest BCUT2D eigenvalue weighted by molar-refractivity contribution is -0.141. The highest BCUT2D eigenvalue weighted by molar-refractivity contribution is 5.76. The van der Waals surface area contributed by atoms with Crippen molar-refractivity contribution in [3.8, 4) is 0 Å². The van der Waals surface area contributed by atoms with Crippen LogP contribution in [0.2, 0.25) is 0 Å². The Hall–Kier alpha value is -1.84. The van der Waals surface area contributed by atoms with Crippen molar-refractivity contribution >= 4 is 11.9 Å². The van der Waals surface area contributed by atoms with Crippen LogP contribution >= 0.6 is 0 Å². The Morgan fingerprint density at radius 1 is 1.35 bits per heavy atom. The van der Waals surface area contributed by atoms with Crippen molar-refractivity contribution in [1.29, 1.82) is 0 Å². The predicted molar refractivity (Wildman–Crippen MR) is 64.4 cm³/mol. The van der Waals surface area contributed by atoms with Gasteiger partial charge in [-0.1, -0.05) is 24.3 Å². The fraction of sp³-hybridized carbons (Fsp3) is 0.385. The molecule has 1 aromatic rings. The first-order valence-electron chi connectivity index (χ1n) is 5.44. The molecule has 0 bridgehead atoms. The molecule has 0 fully saturated rings. The van der Waals surface area contributed by atoms with Gasteiger partial charge in [0.1, 0.15) is 0 Å². The first-order chi connectivity index (χ1) is 8.04. The number of methoxy groups -OCH3 is 1. The van der Waals surface area contributed by atoms with Crippen molar-refractivity contribution in [3.05, 3.63) is 35.4 Å². The second-order valence-corrected chi connectivity index (χ2v) is 3.89. The quantitative estimate of drug-likeness (QED) is 0.809. The standard InChI is InChI=1S/C13H17NO3/c1-9-6-4-5-7-11(9)12(14-10(2)15)8-13(16)17-3/h4-7,12H,8H2,1-3H3,(H,14,15)/t12-/m0/s1. The molecule has 1 atom stereocenters. The van der Waals surface area contributed by atoms with E-state index in [0.29, 0.717) is 0 Å². The van der Waals surface area contributed by atoms with Crippen LogP contribution in [-0.4, -0.2) is 19.0 Å². The zero-order chi connectivity index (χ0) is 12.8. The molecule has 0 unspecified atom stereocenters. The topological polar surface area (TPSA) is 55.4 Å². The molecule has 0 aliphatic rings. The minimum atomic E-state index is -0.341. The number of nitrogens with one attached hydrogen (secondary N) is 1. The Labute approximate surface area is 101 Å². The van der Waals surface area contributed by atoms with Crippen LogP contribution in [0.1, 0.15) is 30.5 Å². The average molecular weight is 235 g/mol. The molecule has 92 valence electrons. The van der Waals surface area contributed by atoms with Gasteiger partial charge < -0.3 is 10.1 Å². The number of aryl methyl sites for hydroxylation is 1. The Bertz CT molecular complexity index is 415. The lowest BCUT2D eigenvalue weighted by Gasteiger charge is -2.19. The van der Waals surface area contributed by atoms with Gasteiger partial charge in [0.2, 0.25) is 5.91 Å². The third kappa shape index (κ3) is 3.90. The van der Waals surface area contributed by atoms with Crippen LogP contribution in [0.4, 0.5) is 0 Å². The van der Waals surface area contributed by atoms with Gasteiger partial charge >= 0.3 is 5.97 Å². The third-order valence-corrected chi connectivity index (χ3v) is 2.54. The van der Waals surface area contributed by atoms with E-state index >= 15 is 0 Å². The van der Waals surface area contributed by atoms with Crippen LogP contribution in [0.5, 0.6) is 0 Å². The molecule has 1 aromatic carbocycles. The maximum absolute atomic E-state index is 11.3. The molecule has 0 radical (unpaired) electrons. The van der Waals surface area contributed by atoms with E-state index in [2.05, 4.69) is 10.1 Å². The lowest BCUT2D eigenvalue weighted by atomic mass is 9.99. The van der Waals surface area contributed by atoms with Gasteiger partial charge in [-0.3, -0.25) is 9.59 Å². The van der Waals surface area contributed by atoms with Gasteiger partial charge in [0.25, 0.3) is 0 Å². The second-order valence-electron chi connectivity index (χ2n) is 3.89. The zero-order valence-corrected chi connectivity index (χ0v) is 10.3. The summed E-state index contributed by atoms with van der Waals surface area (Å²) < 4.78 is 4.63. The average Bonchev–Trinajstić information content (AvgIpc) is 2.28. The number of hydrogen-bond acceptors (Lipinski definition) is 3. The van der Waals surface area contributed by atoms with Crippen molar-refractivity contribution in [3.63, 3.8) is 0 Å². The molecule has 0 saturated heterocycles. The van der Waals surface area contributed by atoms with E-state index in [1.807, 2.05) is 31.2 Å². The van der Waals surface area contributed by atoms with Crippen molar-refractivity contribution in [2.45, 2.75) is 26.3 Å². The van der Waals surface area contributed by atoms with Crippen LogP contribution < -0.4 is 5.32 Å². The molecule has 0 heterocycles. The Kier molecular flexibility index (Phi) is 4.69. The van der Waals surface area contributed by atoms with Crippen LogP contribution in [0.25, 0.3) is 0 Å². The molecule has 0 spiro atoms. The fourth-order valence-corrected chi connectivity index (χ4v) is 1.71. The van der Waals surface area contributed by atoms with Gasteiger partial charge in [0.05, 0.1) is 19.6 Å². The number of carbonyl (C=O) groups is 2.